The van der Waals surface area contributed by atoms with E-state index in [1.807, 2.05) is 42.3 Å². The Balaban J connectivity index is -0.000000180. The summed E-state index contributed by atoms with van der Waals surface area (Å²) in [6, 6.07) is 0. The standard InChI is InChI=1S/2C5H14NO.H2O/c2*1-5(7)6(2,3)4;/h2*5,7H,1-4H3;1H2/q2*+1;. The number of nitrogens with zero attached hydrogens (tertiary/aromatic N) is 2. The minimum atomic E-state index is -0.264. The molecule has 0 spiro atoms. The van der Waals surface area contributed by atoms with Crippen LogP contribution in [-0.4, -0.2) is 79.4 Å². The van der Waals surface area contributed by atoms with Crippen LogP contribution in [0.1, 0.15) is 13.8 Å². The summed E-state index contributed by atoms with van der Waals surface area (Å²) in [5.74, 6) is 0. The fraction of sp³-hybridized carbons (Fsp3) is 1.00. The van der Waals surface area contributed by atoms with Gasteiger partial charge in [0.15, 0.2) is 12.5 Å². The van der Waals surface area contributed by atoms with Crippen molar-refractivity contribution in [3.63, 3.8) is 0 Å². The molecule has 0 aromatic heterocycles. The van der Waals surface area contributed by atoms with E-state index in [1.54, 1.807) is 13.8 Å². The van der Waals surface area contributed by atoms with Gasteiger partial charge < -0.3 is 24.7 Å². The Hall–Kier alpha value is -0.200. The van der Waals surface area contributed by atoms with E-state index in [4.69, 9.17) is 10.2 Å². The zero-order valence-corrected chi connectivity index (χ0v) is 11.4. The van der Waals surface area contributed by atoms with Crippen LogP contribution in [0.3, 0.4) is 0 Å². The Morgan fingerprint density at radius 2 is 0.733 bits per heavy atom. The van der Waals surface area contributed by atoms with Gasteiger partial charge in [-0.2, -0.15) is 0 Å². The summed E-state index contributed by atoms with van der Waals surface area (Å²) >= 11 is 0. The lowest BCUT2D eigenvalue weighted by Gasteiger charge is -2.26. The summed E-state index contributed by atoms with van der Waals surface area (Å²) in [5, 5.41) is 17.7. The van der Waals surface area contributed by atoms with Crippen molar-refractivity contribution in [1.29, 1.82) is 0 Å². The Bertz CT molecular complexity index is 128. The van der Waals surface area contributed by atoms with E-state index in [1.165, 1.54) is 0 Å². The zero-order valence-electron chi connectivity index (χ0n) is 11.4. The van der Waals surface area contributed by atoms with Gasteiger partial charge in [-0.05, 0) is 0 Å². The van der Waals surface area contributed by atoms with E-state index in [0.717, 1.165) is 0 Å². The number of hydrogen-bond donors (Lipinski definition) is 2. The highest BCUT2D eigenvalue weighted by molar-refractivity contribution is 4.19. The monoisotopic (exact) mass is 226 g/mol. The molecule has 0 aliphatic carbocycles. The van der Waals surface area contributed by atoms with Crippen LogP contribution in [0.4, 0.5) is 0 Å². The molecule has 0 saturated heterocycles. The highest BCUT2D eigenvalue weighted by Crippen LogP contribution is 1.95. The van der Waals surface area contributed by atoms with Crippen molar-refractivity contribution in [3.05, 3.63) is 0 Å². The molecule has 96 valence electrons. The van der Waals surface area contributed by atoms with Gasteiger partial charge in [0, 0.05) is 13.8 Å². The quantitative estimate of drug-likeness (QED) is 0.480. The van der Waals surface area contributed by atoms with E-state index >= 15 is 0 Å². The van der Waals surface area contributed by atoms with E-state index in [0.29, 0.717) is 8.97 Å². The third-order valence-corrected chi connectivity index (χ3v) is 2.24. The highest BCUT2D eigenvalue weighted by Gasteiger charge is 2.12. The Kier molecular flexibility index (Phi) is 9.63. The molecule has 15 heavy (non-hydrogen) atoms. The second kappa shape index (κ2) is 7.14. The molecule has 2 unspecified atom stereocenters. The van der Waals surface area contributed by atoms with Crippen LogP contribution in [0, 0.1) is 0 Å². The van der Waals surface area contributed by atoms with Gasteiger partial charge in [0.25, 0.3) is 0 Å². The molecule has 5 nitrogen and oxygen atoms in total. The van der Waals surface area contributed by atoms with Crippen molar-refractivity contribution in [2.45, 2.75) is 26.3 Å². The molecule has 2 atom stereocenters. The number of rotatable bonds is 2. The number of hydrogen-bond acceptors (Lipinski definition) is 2. The topological polar surface area (TPSA) is 72.0 Å². The molecule has 0 rings (SSSR count). The fourth-order valence-corrected chi connectivity index (χ4v) is 0. The molecule has 0 fully saturated rings. The van der Waals surface area contributed by atoms with Crippen LogP contribution in [0.15, 0.2) is 0 Å². The molecule has 5 heteroatoms. The normalized spacial score (nSPS) is 15.6. The fourth-order valence-electron chi connectivity index (χ4n) is 0. The summed E-state index contributed by atoms with van der Waals surface area (Å²) in [6.45, 7) is 3.56. The second-order valence-electron chi connectivity index (χ2n) is 5.50. The van der Waals surface area contributed by atoms with Crippen molar-refractivity contribution in [3.8, 4) is 0 Å². The average Bonchev–Trinajstić information content (AvgIpc) is 1.83. The Labute approximate surface area is 94.0 Å². The lowest BCUT2D eigenvalue weighted by atomic mass is 10.5. The first-order valence-corrected chi connectivity index (χ1v) is 4.87. The van der Waals surface area contributed by atoms with Gasteiger partial charge in [-0.25, -0.2) is 0 Å². The van der Waals surface area contributed by atoms with Crippen LogP contribution in [0.25, 0.3) is 0 Å². The third kappa shape index (κ3) is 13.8. The molecule has 0 aliphatic rings. The summed E-state index contributed by atoms with van der Waals surface area (Å²) < 4.78 is 1.22. The smallest absolute Gasteiger partial charge is 0.187 e. The molecule has 0 aliphatic heterocycles. The summed E-state index contributed by atoms with van der Waals surface area (Å²) in [7, 11) is 11.7. The van der Waals surface area contributed by atoms with E-state index < -0.39 is 0 Å². The molecule has 0 bridgehead atoms. The first-order valence-electron chi connectivity index (χ1n) is 4.87. The second-order valence-corrected chi connectivity index (χ2v) is 5.50. The van der Waals surface area contributed by atoms with E-state index in [-0.39, 0.29) is 17.9 Å². The van der Waals surface area contributed by atoms with Gasteiger partial charge in [0.05, 0.1) is 42.3 Å². The van der Waals surface area contributed by atoms with Crippen LogP contribution in [0.2, 0.25) is 0 Å². The summed E-state index contributed by atoms with van der Waals surface area (Å²) in [5.41, 5.74) is 0. The Morgan fingerprint density at radius 3 is 0.733 bits per heavy atom. The first kappa shape index (κ1) is 20.2. The largest absolute Gasteiger partial charge is 0.412 e. The predicted molar refractivity (Wildman–Crippen MR) is 63.0 cm³/mol. The zero-order chi connectivity index (χ0) is 12.2. The van der Waals surface area contributed by atoms with Crippen LogP contribution in [-0.2, 0) is 0 Å². The van der Waals surface area contributed by atoms with Crippen LogP contribution < -0.4 is 0 Å². The van der Waals surface area contributed by atoms with Crippen molar-refractivity contribution in [1.82, 2.24) is 0 Å². The predicted octanol–water partition coefficient (Wildman–Crippen LogP) is -0.763. The third-order valence-electron chi connectivity index (χ3n) is 2.24. The Morgan fingerprint density at radius 1 is 0.667 bits per heavy atom. The highest BCUT2D eigenvalue weighted by atomic mass is 16.3. The lowest BCUT2D eigenvalue weighted by molar-refractivity contribution is -0.916. The minimum absolute atomic E-state index is 0. The van der Waals surface area contributed by atoms with Crippen molar-refractivity contribution in [2.24, 2.45) is 0 Å². The molecule has 0 radical (unpaired) electrons. The van der Waals surface area contributed by atoms with Crippen LogP contribution >= 0.6 is 0 Å². The van der Waals surface area contributed by atoms with Gasteiger partial charge in [-0.1, -0.05) is 0 Å². The van der Waals surface area contributed by atoms with Gasteiger partial charge in [-0.3, -0.25) is 0 Å². The molecule has 0 aromatic carbocycles. The van der Waals surface area contributed by atoms with E-state index in [2.05, 4.69) is 0 Å². The van der Waals surface area contributed by atoms with Gasteiger partial charge in [-0.15, -0.1) is 0 Å². The van der Waals surface area contributed by atoms with Gasteiger partial charge >= 0.3 is 0 Å². The molecular formula is C10H30N2O3+2. The molecule has 0 saturated carbocycles. The molecule has 0 heterocycles. The maximum atomic E-state index is 8.86. The van der Waals surface area contributed by atoms with Crippen molar-refractivity contribution in [2.75, 3.05) is 42.3 Å². The lowest BCUT2D eigenvalue weighted by Crippen LogP contribution is -2.42. The van der Waals surface area contributed by atoms with Crippen molar-refractivity contribution >= 4 is 0 Å². The molecular weight excluding hydrogens is 196 g/mol. The molecule has 4 N–H and O–H groups in total. The SMILES string of the molecule is CC(O)[N+](C)(C)C.CC(O)[N+](C)(C)C.O. The molecule has 0 aromatic rings. The van der Waals surface area contributed by atoms with Crippen LogP contribution in [0.5, 0.6) is 0 Å². The maximum Gasteiger partial charge on any atom is 0.187 e. The average molecular weight is 226 g/mol. The van der Waals surface area contributed by atoms with Gasteiger partial charge in [0.1, 0.15) is 0 Å². The number of quaternary nitrogens is 2. The number of aliphatic hydroxyl groups excluding tert-OH is 2. The summed E-state index contributed by atoms with van der Waals surface area (Å²) in [4.78, 5) is 0. The maximum absolute atomic E-state index is 8.86. The summed E-state index contributed by atoms with van der Waals surface area (Å²) in [6.07, 6.45) is -0.528. The number of aliphatic hydroxyl groups is 2. The van der Waals surface area contributed by atoms with Gasteiger partial charge in [0.2, 0.25) is 0 Å². The first-order chi connectivity index (χ1) is 5.89. The van der Waals surface area contributed by atoms with Crippen molar-refractivity contribution < 1.29 is 24.7 Å². The minimum Gasteiger partial charge on any atom is -0.412 e. The molecule has 0 amide bonds. The van der Waals surface area contributed by atoms with E-state index in [9.17, 15) is 0 Å².